The molecule has 1 aliphatic rings. The van der Waals surface area contributed by atoms with Crippen molar-refractivity contribution in [2.75, 3.05) is 12.4 Å². The number of nitrogens with one attached hydrogen (secondary N) is 1. The molecule has 1 aromatic carbocycles. The van der Waals surface area contributed by atoms with E-state index in [9.17, 15) is 14.4 Å². The first-order chi connectivity index (χ1) is 8.49. The normalized spacial score (nSPS) is 14.7. The van der Waals surface area contributed by atoms with Gasteiger partial charge in [-0.2, -0.15) is 0 Å². The van der Waals surface area contributed by atoms with Gasteiger partial charge in [0.25, 0.3) is 11.8 Å². The van der Waals surface area contributed by atoms with Gasteiger partial charge in [0.1, 0.15) is 5.70 Å². The second-order valence-electron chi connectivity index (χ2n) is 3.77. The maximum atomic E-state index is 11.6. The van der Waals surface area contributed by atoms with Crippen molar-refractivity contribution in [3.8, 4) is 0 Å². The van der Waals surface area contributed by atoms with Crippen LogP contribution in [-0.4, -0.2) is 34.8 Å². The Bertz CT molecular complexity index is 577. The van der Waals surface area contributed by atoms with Crippen LogP contribution in [0.5, 0.6) is 0 Å². The summed E-state index contributed by atoms with van der Waals surface area (Å²) >= 11 is 0. The van der Waals surface area contributed by atoms with Gasteiger partial charge in [-0.15, -0.1) is 0 Å². The van der Waals surface area contributed by atoms with Crippen LogP contribution in [0.1, 0.15) is 10.4 Å². The number of carbonyl (C=O) groups excluding carboxylic acids is 2. The topological polar surface area (TPSA) is 86.7 Å². The first-order valence-corrected chi connectivity index (χ1v) is 5.13. The third-order valence-electron chi connectivity index (χ3n) is 2.52. The second-order valence-corrected chi connectivity index (χ2v) is 3.77. The van der Waals surface area contributed by atoms with Gasteiger partial charge in [0, 0.05) is 18.8 Å². The molecule has 0 fully saturated rings. The van der Waals surface area contributed by atoms with E-state index in [4.69, 9.17) is 5.11 Å². The maximum Gasteiger partial charge on any atom is 0.335 e. The molecule has 0 unspecified atom stereocenters. The van der Waals surface area contributed by atoms with Gasteiger partial charge in [0.15, 0.2) is 0 Å². The molecule has 1 heterocycles. The second kappa shape index (κ2) is 4.33. The van der Waals surface area contributed by atoms with Gasteiger partial charge < -0.3 is 10.4 Å². The van der Waals surface area contributed by atoms with Crippen molar-refractivity contribution in [2.45, 2.75) is 0 Å². The number of likely N-dealkylation sites (N-methyl/N-ethyl adjacent to an activating group) is 1. The minimum Gasteiger partial charge on any atom is -0.478 e. The highest BCUT2D eigenvalue weighted by Gasteiger charge is 2.27. The highest BCUT2D eigenvalue weighted by atomic mass is 16.4. The lowest BCUT2D eigenvalue weighted by atomic mass is 10.2. The molecule has 0 saturated heterocycles. The van der Waals surface area contributed by atoms with E-state index >= 15 is 0 Å². The Morgan fingerprint density at radius 1 is 1.33 bits per heavy atom. The standard InChI is InChI=1S/C12H10N2O4/c1-14-10(15)6-9(11(14)16)13-8-4-2-3-7(5-8)12(17)18/h2-6,13H,1H3,(H,17,18). The van der Waals surface area contributed by atoms with Crippen molar-refractivity contribution in [3.63, 3.8) is 0 Å². The Kier molecular flexibility index (Phi) is 2.85. The van der Waals surface area contributed by atoms with Crippen molar-refractivity contribution in [2.24, 2.45) is 0 Å². The Hall–Kier alpha value is -2.63. The van der Waals surface area contributed by atoms with Crippen molar-refractivity contribution in [3.05, 3.63) is 41.6 Å². The number of anilines is 1. The molecule has 0 saturated carbocycles. The van der Waals surface area contributed by atoms with E-state index in [1.165, 1.54) is 25.3 Å². The van der Waals surface area contributed by atoms with Gasteiger partial charge in [-0.05, 0) is 18.2 Å². The van der Waals surface area contributed by atoms with Gasteiger partial charge >= 0.3 is 5.97 Å². The largest absolute Gasteiger partial charge is 0.478 e. The number of hydrogen-bond donors (Lipinski definition) is 2. The number of benzene rings is 1. The van der Waals surface area contributed by atoms with E-state index in [1.54, 1.807) is 12.1 Å². The van der Waals surface area contributed by atoms with Crippen molar-refractivity contribution < 1.29 is 19.5 Å². The van der Waals surface area contributed by atoms with E-state index in [0.29, 0.717) is 5.69 Å². The van der Waals surface area contributed by atoms with E-state index < -0.39 is 17.8 Å². The molecule has 2 amide bonds. The molecule has 0 aromatic heterocycles. The van der Waals surface area contributed by atoms with Crippen molar-refractivity contribution >= 4 is 23.5 Å². The number of rotatable bonds is 3. The summed E-state index contributed by atoms with van der Waals surface area (Å²) in [6, 6.07) is 6.00. The lowest BCUT2D eigenvalue weighted by Gasteiger charge is -2.09. The predicted molar refractivity (Wildman–Crippen MR) is 62.9 cm³/mol. The Balaban J connectivity index is 2.23. The molecule has 1 aliphatic heterocycles. The molecule has 0 spiro atoms. The number of carboxylic acids is 1. The molecule has 0 radical (unpaired) electrons. The number of nitrogens with zero attached hydrogens (tertiary/aromatic N) is 1. The summed E-state index contributed by atoms with van der Waals surface area (Å²) in [6.07, 6.45) is 1.18. The molecule has 0 atom stereocenters. The van der Waals surface area contributed by atoms with Crippen LogP contribution in [-0.2, 0) is 9.59 Å². The molecule has 0 aliphatic carbocycles. The zero-order valence-corrected chi connectivity index (χ0v) is 9.51. The van der Waals surface area contributed by atoms with Crippen LogP contribution in [0, 0.1) is 0 Å². The van der Waals surface area contributed by atoms with Crippen LogP contribution in [0.15, 0.2) is 36.0 Å². The number of hydrogen-bond acceptors (Lipinski definition) is 4. The molecule has 1 aromatic rings. The zero-order valence-electron chi connectivity index (χ0n) is 9.51. The average molecular weight is 246 g/mol. The molecular formula is C12H10N2O4. The van der Waals surface area contributed by atoms with Gasteiger partial charge in [-0.25, -0.2) is 4.79 Å². The maximum absolute atomic E-state index is 11.6. The lowest BCUT2D eigenvalue weighted by Crippen LogP contribution is -2.27. The Labute approximate surface area is 103 Å². The highest BCUT2D eigenvalue weighted by Crippen LogP contribution is 2.17. The fourth-order valence-corrected chi connectivity index (χ4v) is 1.54. The van der Waals surface area contributed by atoms with Gasteiger partial charge in [0.05, 0.1) is 5.56 Å². The first-order valence-electron chi connectivity index (χ1n) is 5.13. The van der Waals surface area contributed by atoms with Crippen LogP contribution in [0.3, 0.4) is 0 Å². The summed E-state index contributed by atoms with van der Waals surface area (Å²) in [7, 11) is 1.38. The third-order valence-corrected chi connectivity index (χ3v) is 2.52. The average Bonchev–Trinajstić information content (AvgIpc) is 2.57. The fourth-order valence-electron chi connectivity index (χ4n) is 1.54. The predicted octanol–water partition coefficient (Wildman–Crippen LogP) is 0.679. The summed E-state index contributed by atoms with van der Waals surface area (Å²) in [6.45, 7) is 0. The molecule has 6 nitrogen and oxygen atoms in total. The summed E-state index contributed by atoms with van der Waals surface area (Å²) in [5, 5.41) is 11.6. The van der Waals surface area contributed by atoms with Crippen LogP contribution in [0.2, 0.25) is 0 Å². The number of carbonyl (C=O) groups is 3. The van der Waals surface area contributed by atoms with E-state index in [1.807, 2.05) is 0 Å². The minimum absolute atomic E-state index is 0.103. The van der Waals surface area contributed by atoms with Gasteiger partial charge in [-0.3, -0.25) is 14.5 Å². The molecular weight excluding hydrogens is 236 g/mol. The Morgan fingerprint density at radius 2 is 2.06 bits per heavy atom. The van der Waals surface area contributed by atoms with Crippen molar-refractivity contribution in [1.29, 1.82) is 0 Å². The third kappa shape index (κ3) is 2.08. The number of carboxylic acid groups (broad SMARTS) is 1. The summed E-state index contributed by atoms with van der Waals surface area (Å²) in [4.78, 5) is 34.6. The van der Waals surface area contributed by atoms with Crippen LogP contribution in [0.4, 0.5) is 5.69 Å². The van der Waals surface area contributed by atoms with Gasteiger partial charge in [-0.1, -0.05) is 6.07 Å². The summed E-state index contributed by atoms with van der Waals surface area (Å²) < 4.78 is 0. The first kappa shape index (κ1) is 11.8. The number of aromatic carboxylic acids is 1. The van der Waals surface area contributed by atoms with E-state index in [-0.39, 0.29) is 11.3 Å². The van der Waals surface area contributed by atoms with Gasteiger partial charge in [0.2, 0.25) is 0 Å². The molecule has 6 heteroatoms. The fraction of sp³-hybridized carbons (Fsp3) is 0.0833. The van der Waals surface area contributed by atoms with E-state index in [2.05, 4.69) is 5.32 Å². The molecule has 0 bridgehead atoms. The SMILES string of the molecule is CN1C(=O)C=C(Nc2cccc(C(=O)O)c2)C1=O. The van der Waals surface area contributed by atoms with Crippen LogP contribution in [0.25, 0.3) is 0 Å². The lowest BCUT2D eigenvalue weighted by molar-refractivity contribution is -0.135. The number of amides is 2. The molecule has 2 N–H and O–H groups in total. The van der Waals surface area contributed by atoms with Crippen molar-refractivity contribution in [1.82, 2.24) is 4.90 Å². The van der Waals surface area contributed by atoms with Crippen LogP contribution < -0.4 is 5.32 Å². The monoisotopic (exact) mass is 246 g/mol. The molecule has 92 valence electrons. The summed E-state index contributed by atoms with van der Waals surface area (Å²) in [5.41, 5.74) is 0.674. The highest BCUT2D eigenvalue weighted by molar-refractivity contribution is 6.17. The minimum atomic E-state index is -1.06. The number of imide groups is 1. The smallest absolute Gasteiger partial charge is 0.335 e. The summed E-state index contributed by atoms with van der Waals surface area (Å²) in [5.74, 6) is -1.91. The molecule has 2 rings (SSSR count). The van der Waals surface area contributed by atoms with Crippen LogP contribution >= 0.6 is 0 Å². The quantitative estimate of drug-likeness (QED) is 0.766. The Morgan fingerprint density at radius 3 is 2.61 bits per heavy atom. The van der Waals surface area contributed by atoms with E-state index in [0.717, 1.165) is 4.90 Å². The molecule has 18 heavy (non-hydrogen) atoms. The zero-order chi connectivity index (χ0) is 13.3.